The lowest BCUT2D eigenvalue weighted by molar-refractivity contribution is -0.137. The Hall–Kier alpha value is -1.37. The first-order chi connectivity index (χ1) is 12.1. The summed E-state index contributed by atoms with van der Waals surface area (Å²) in [5.74, 6) is 0.0138. The minimum absolute atomic E-state index is 0.0247. The van der Waals surface area contributed by atoms with Crippen molar-refractivity contribution in [1.29, 1.82) is 0 Å². The summed E-state index contributed by atoms with van der Waals surface area (Å²) in [7, 11) is 0. The molecule has 0 aromatic carbocycles. The van der Waals surface area contributed by atoms with E-state index in [0.29, 0.717) is 24.5 Å². The van der Waals surface area contributed by atoms with Gasteiger partial charge >= 0.3 is 0 Å². The molecule has 7 heteroatoms. The molecule has 1 atom stereocenters. The highest BCUT2D eigenvalue weighted by Crippen LogP contribution is 2.26. The quantitative estimate of drug-likeness (QED) is 0.746. The number of carbonyl (C=O) groups is 2. The smallest absolute Gasteiger partial charge is 0.264 e. The summed E-state index contributed by atoms with van der Waals surface area (Å²) in [6.07, 6.45) is 2.66. The third-order valence-corrected chi connectivity index (χ3v) is 6.52. The molecule has 1 unspecified atom stereocenters. The first-order valence-corrected chi connectivity index (χ1v) is 10.5. The van der Waals surface area contributed by atoms with E-state index in [1.54, 1.807) is 4.90 Å². The fourth-order valence-electron chi connectivity index (χ4n) is 3.15. The van der Waals surface area contributed by atoms with Crippen molar-refractivity contribution in [3.63, 3.8) is 0 Å². The summed E-state index contributed by atoms with van der Waals surface area (Å²) >= 11 is 8.92. The highest BCUT2D eigenvalue weighted by molar-refractivity contribution is 7.16. The van der Waals surface area contributed by atoms with Crippen molar-refractivity contribution in [2.24, 2.45) is 0 Å². The lowest BCUT2D eigenvalue weighted by Gasteiger charge is -2.37. The van der Waals surface area contributed by atoms with E-state index in [2.05, 4.69) is 0 Å². The van der Waals surface area contributed by atoms with Crippen LogP contribution in [0.3, 0.4) is 0 Å². The van der Waals surface area contributed by atoms with Crippen molar-refractivity contribution in [3.05, 3.63) is 43.7 Å². The highest BCUT2D eigenvalue weighted by Gasteiger charge is 2.35. The molecule has 3 rings (SSSR count). The van der Waals surface area contributed by atoms with Crippen molar-refractivity contribution >= 4 is 46.1 Å². The predicted octanol–water partition coefficient (Wildman–Crippen LogP) is 4.51. The SMILES string of the molecule is CCN(Cc1ccc(Cl)s1)C(=O)C1CCCCN1C(=O)c1cccs1. The zero-order chi connectivity index (χ0) is 17.8. The van der Waals surface area contributed by atoms with Gasteiger partial charge in [0.1, 0.15) is 6.04 Å². The third-order valence-electron chi connectivity index (χ3n) is 4.45. The maximum absolute atomic E-state index is 13.1. The Labute approximate surface area is 161 Å². The van der Waals surface area contributed by atoms with Crippen LogP contribution in [0, 0.1) is 0 Å². The van der Waals surface area contributed by atoms with Gasteiger partial charge in [0, 0.05) is 18.0 Å². The molecule has 0 radical (unpaired) electrons. The molecule has 1 aliphatic rings. The Kier molecular flexibility index (Phi) is 6.15. The van der Waals surface area contributed by atoms with Crippen LogP contribution in [0.25, 0.3) is 0 Å². The maximum Gasteiger partial charge on any atom is 0.264 e. The zero-order valence-corrected chi connectivity index (χ0v) is 16.5. The summed E-state index contributed by atoms with van der Waals surface area (Å²) in [5.41, 5.74) is 0. The molecule has 2 aromatic heterocycles. The molecule has 0 N–H and O–H groups in total. The molecule has 0 aliphatic carbocycles. The van der Waals surface area contributed by atoms with Gasteiger partial charge in [-0.05, 0) is 49.8 Å². The van der Waals surface area contributed by atoms with E-state index in [9.17, 15) is 9.59 Å². The highest BCUT2D eigenvalue weighted by atomic mass is 35.5. The Morgan fingerprint density at radius 3 is 2.80 bits per heavy atom. The van der Waals surface area contributed by atoms with Crippen molar-refractivity contribution in [2.45, 2.75) is 38.8 Å². The van der Waals surface area contributed by atoms with Gasteiger partial charge in [0.05, 0.1) is 15.8 Å². The fraction of sp³-hybridized carbons (Fsp3) is 0.444. The van der Waals surface area contributed by atoms with E-state index in [1.807, 2.05) is 41.5 Å². The number of likely N-dealkylation sites (N-methyl/N-ethyl adjacent to an activating group) is 1. The van der Waals surface area contributed by atoms with E-state index in [1.165, 1.54) is 22.7 Å². The van der Waals surface area contributed by atoms with E-state index >= 15 is 0 Å². The number of likely N-dealkylation sites (tertiary alicyclic amines) is 1. The second-order valence-corrected chi connectivity index (χ2v) is 8.79. The van der Waals surface area contributed by atoms with Crippen LogP contribution in [0.1, 0.15) is 40.7 Å². The third kappa shape index (κ3) is 4.25. The predicted molar refractivity (Wildman–Crippen MR) is 103 cm³/mol. The average molecular weight is 397 g/mol. The number of hydrogen-bond donors (Lipinski definition) is 0. The molecule has 1 fully saturated rings. The minimum atomic E-state index is -0.362. The standard InChI is InChI=1S/C18H21ClN2O2S2/c1-2-20(12-13-8-9-16(19)25-13)17(22)14-6-3-4-10-21(14)18(23)15-7-5-11-24-15/h5,7-9,11,14H,2-4,6,10,12H2,1H3. The zero-order valence-electron chi connectivity index (χ0n) is 14.1. The number of amides is 2. The summed E-state index contributed by atoms with van der Waals surface area (Å²) in [6.45, 7) is 3.78. The number of rotatable bonds is 5. The number of halogens is 1. The first-order valence-electron chi connectivity index (χ1n) is 8.47. The van der Waals surface area contributed by atoms with E-state index in [-0.39, 0.29) is 17.9 Å². The largest absolute Gasteiger partial charge is 0.336 e. The summed E-state index contributed by atoms with van der Waals surface area (Å²) in [6, 6.07) is 7.15. The second-order valence-electron chi connectivity index (χ2n) is 6.05. The van der Waals surface area contributed by atoms with Crippen LogP contribution in [0.15, 0.2) is 29.6 Å². The van der Waals surface area contributed by atoms with Crippen LogP contribution in [-0.2, 0) is 11.3 Å². The Morgan fingerprint density at radius 1 is 1.32 bits per heavy atom. The Balaban J connectivity index is 1.75. The van der Waals surface area contributed by atoms with Gasteiger partial charge in [0.15, 0.2) is 0 Å². The Bertz CT molecular complexity index is 729. The van der Waals surface area contributed by atoms with Gasteiger partial charge in [-0.3, -0.25) is 9.59 Å². The molecule has 0 saturated carbocycles. The molecule has 2 amide bonds. The van der Waals surface area contributed by atoms with E-state index in [4.69, 9.17) is 11.6 Å². The van der Waals surface area contributed by atoms with Gasteiger partial charge in [-0.15, -0.1) is 22.7 Å². The van der Waals surface area contributed by atoms with Crippen molar-refractivity contribution < 1.29 is 9.59 Å². The lowest BCUT2D eigenvalue weighted by Crippen LogP contribution is -2.52. The van der Waals surface area contributed by atoms with Gasteiger partial charge in [-0.25, -0.2) is 0 Å². The molecule has 0 spiro atoms. The van der Waals surface area contributed by atoms with E-state index in [0.717, 1.165) is 28.5 Å². The normalized spacial score (nSPS) is 17.5. The molecule has 2 aromatic rings. The number of thiophene rings is 2. The molecular weight excluding hydrogens is 376 g/mol. The molecule has 0 bridgehead atoms. The van der Waals surface area contributed by atoms with Crippen LogP contribution < -0.4 is 0 Å². The first kappa shape index (κ1) is 18.4. The van der Waals surface area contributed by atoms with Crippen LogP contribution in [0.4, 0.5) is 0 Å². The fourth-order valence-corrected chi connectivity index (χ4v) is 4.94. The van der Waals surface area contributed by atoms with Crippen LogP contribution in [0.5, 0.6) is 0 Å². The van der Waals surface area contributed by atoms with Crippen LogP contribution in [-0.4, -0.2) is 40.7 Å². The molecule has 3 heterocycles. The number of hydrogen-bond acceptors (Lipinski definition) is 4. The van der Waals surface area contributed by atoms with Crippen molar-refractivity contribution in [2.75, 3.05) is 13.1 Å². The Morgan fingerprint density at radius 2 is 2.16 bits per heavy atom. The maximum atomic E-state index is 13.1. The van der Waals surface area contributed by atoms with Crippen molar-refractivity contribution in [1.82, 2.24) is 9.80 Å². The second kappa shape index (κ2) is 8.34. The molecule has 1 saturated heterocycles. The van der Waals surface area contributed by atoms with Gasteiger partial charge in [-0.1, -0.05) is 17.7 Å². The summed E-state index contributed by atoms with van der Waals surface area (Å²) in [4.78, 5) is 31.3. The van der Waals surface area contributed by atoms with Gasteiger partial charge in [0.25, 0.3) is 5.91 Å². The lowest BCUT2D eigenvalue weighted by atomic mass is 10.0. The van der Waals surface area contributed by atoms with Crippen molar-refractivity contribution in [3.8, 4) is 0 Å². The average Bonchev–Trinajstić information content (AvgIpc) is 3.30. The summed E-state index contributed by atoms with van der Waals surface area (Å²) in [5, 5.41) is 1.90. The molecule has 134 valence electrons. The van der Waals surface area contributed by atoms with Crippen LogP contribution in [0.2, 0.25) is 4.34 Å². The number of carbonyl (C=O) groups excluding carboxylic acids is 2. The molecule has 4 nitrogen and oxygen atoms in total. The van der Waals surface area contributed by atoms with Crippen LogP contribution >= 0.6 is 34.3 Å². The monoisotopic (exact) mass is 396 g/mol. The van der Waals surface area contributed by atoms with E-state index < -0.39 is 0 Å². The van der Waals surface area contributed by atoms with Gasteiger partial charge in [0.2, 0.25) is 5.91 Å². The topological polar surface area (TPSA) is 40.6 Å². The molecular formula is C18H21ClN2O2S2. The van der Waals surface area contributed by atoms with Gasteiger partial charge < -0.3 is 9.80 Å². The number of piperidine rings is 1. The molecule has 25 heavy (non-hydrogen) atoms. The summed E-state index contributed by atoms with van der Waals surface area (Å²) < 4.78 is 0.727. The minimum Gasteiger partial charge on any atom is -0.336 e. The van der Waals surface area contributed by atoms with Gasteiger partial charge in [-0.2, -0.15) is 0 Å². The molecule has 1 aliphatic heterocycles. The number of nitrogens with zero attached hydrogens (tertiary/aromatic N) is 2.